The van der Waals surface area contributed by atoms with E-state index in [0.717, 1.165) is 26.8 Å². The molecule has 86 valence electrons. The van der Waals surface area contributed by atoms with Crippen molar-refractivity contribution in [2.24, 2.45) is 0 Å². The quantitative estimate of drug-likeness (QED) is 0.884. The molecule has 17 heavy (non-hydrogen) atoms. The van der Waals surface area contributed by atoms with Crippen LogP contribution in [0.1, 0.15) is 18.1 Å². The van der Waals surface area contributed by atoms with Gasteiger partial charge in [0.05, 0.1) is 11.6 Å². The van der Waals surface area contributed by atoms with Crippen LogP contribution in [0.2, 0.25) is 0 Å². The third-order valence-electron chi connectivity index (χ3n) is 2.57. The van der Waals surface area contributed by atoms with Gasteiger partial charge in [-0.2, -0.15) is 10.4 Å². The Morgan fingerprint density at radius 3 is 2.71 bits per heavy atom. The minimum Gasteiger partial charge on any atom is -0.270 e. The predicted octanol–water partition coefficient (Wildman–Crippen LogP) is 4.04. The van der Waals surface area contributed by atoms with E-state index >= 15 is 0 Å². The number of halogens is 2. The van der Waals surface area contributed by atoms with E-state index in [2.05, 4.69) is 55.1 Å². The molecule has 0 atom stereocenters. The molecule has 0 saturated heterocycles. The fourth-order valence-corrected chi connectivity index (χ4v) is 2.97. The first-order valence-electron chi connectivity index (χ1n) is 5.10. The zero-order chi connectivity index (χ0) is 12.4. The summed E-state index contributed by atoms with van der Waals surface area (Å²) < 4.78 is 1.56. The second kappa shape index (κ2) is 5.03. The lowest BCUT2D eigenvalue weighted by molar-refractivity contribution is 1.05. The van der Waals surface area contributed by atoms with Crippen molar-refractivity contribution in [1.29, 1.82) is 5.26 Å². The molecule has 0 aliphatic carbocycles. The highest BCUT2D eigenvalue weighted by atomic mass is 79.9. The van der Waals surface area contributed by atoms with Gasteiger partial charge in [0.1, 0.15) is 9.21 Å². The molecule has 1 heterocycles. The molecule has 1 aromatic carbocycles. The van der Waals surface area contributed by atoms with Crippen molar-refractivity contribution in [3.8, 4) is 17.2 Å². The zero-order valence-electron chi connectivity index (χ0n) is 9.09. The Hall–Kier alpha value is -1.12. The monoisotopic (exact) mass is 353 g/mol. The van der Waals surface area contributed by atoms with Gasteiger partial charge in [-0.3, -0.25) is 5.10 Å². The minimum atomic E-state index is 0.650. The molecular formula is C12H9Br2N3. The molecule has 2 rings (SSSR count). The number of benzene rings is 1. The Bertz CT molecular complexity index is 577. The van der Waals surface area contributed by atoms with Crippen LogP contribution in [0.4, 0.5) is 0 Å². The van der Waals surface area contributed by atoms with Crippen LogP contribution >= 0.6 is 31.9 Å². The number of hydrogen-bond acceptors (Lipinski definition) is 2. The van der Waals surface area contributed by atoms with E-state index in [4.69, 9.17) is 5.26 Å². The average Bonchev–Trinajstić information content (AvgIpc) is 2.68. The number of rotatable bonds is 2. The van der Waals surface area contributed by atoms with Gasteiger partial charge in [-0.25, -0.2) is 0 Å². The van der Waals surface area contributed by atoms with Crippen LogP contribution in [-0.4, -0.2) is 10.2 Å². The van der Waals surface area contributed by atoms with Gasteiger partial charge in [-0.1, -0.05) is 13.0 Å². The maximum atomic E-state index is 8.96. The lowest BCUT2D eigenvalue weighted by Crippen LogP contribution is -1.89. The number of hydrogen-bond donors (Lipinski definition) is 1. The van der Waals surface area contributed by atoms with E-state index < -0.39 is 0 Å². The maximum absolute atomic E-state index is 8.96. The third-order valence-corrected chi connectivity index (χ3v) is 3.71. The molecule has 0 amide bonds. The van der Waals surface area contributed by atoms with Gasteiger partial charge in [0.15, 0.2) is 0 Å². The number of aryl methyl sites for hydroxylation is 1. The lowest BCUT2D eigenvalue weighted by atomic mass is 9.98. The summed E-state index contributed by atoms with van der Waals surface area (Å²) in [5, 5.41) is 15.9. The fourth-order valence-electron chi connectivity index (χ4n) is 1.72. The summed E-state index contributed by atoms with van der Waals surface area (Å²) in [5.41, 5.74) is 3.82. The molecule has 1 N–H and O–H groups in total. The second-order valence-electron chi connectivity index (χ2n) is 3.54. The van der Waals surface area contributed by atoms with Crippen molar-refractivity contribution >= 4 is 31.9 Å². The number of nitriles is 1. The summed E-state index contributed by atoms with van der Waals surface area (Å²) in [6, 6.07) is 7.87. The SMILES string of the molecule is CCc1ccc(C#N)cc1-c1c(Br)n[nH]c1Br. The third kappa shape index (κ3) is 2.28. The summed E-state index contributed by atoms with van der Waals surface area (Å²) in [5.74, 6) is 0. The van der Waals surface area contributed by atoms with Crippen LogP contribution in [0.15, 0.2) is 27.4 Å². The van der Waals surface area contributed by atoms with Crippen molar-refractivity contribution in [3.63, 3.8) is 0 Å². The van der Waals surface area contributed by atoms with Crippen LogP contribution in [0.25, 0.3) is 11.1 Å². The average molecular weight is 355 g/mol. The van der Waals surface area contributed by atoms with Gasteiger partial charge in [0, 0.05) is 5.56 Å². The van der Waals surface area contributed by atoms with Gasteiger partial charge in [0.2, 0.25) is 0 Å². The van der Waals surface area contributed by atoms with E-state index in [1.807, 2.05) is 18.2 Å². The molecule has 0 aliphatic rings. The number of nitrogens with zero attached hydrogens (tertiary/aromatic N) is 2. The minimum absolute atomic E-state index is 0.650. The van der Waals surface area contributed by atoms with Crippen LogP contribution in [-0.2, 0) is 6.42 Å². The van der Waals surface area contributed by atoms with Crippen molar-refractivity contribution in [1.82, 2.24) is 10.2 Å². The topological polar surface area (TPSA) is 52.5 Å². The molecule has 0 bridgehead atoms. The summed E-state index contributed by atoms with van der Waals surface area (Å²) >= 11 is 6.84. The van der Waals surface area contributed by atoms with Gasteiger partial charge >= 0.3 is 0 Å². The molecule has 2 aromatic rings. The van der Waals surface area contributed by atoms with E-state index in [9.17, 15) is 0 Å². The maximum Gasteiger partial charge on any atom is 0.136 e. The number of aromatic nitrogens is 2. The Morgan fingerprint density at radius 1 is 1.41 bits per heavy atom. The van der Waals surface area contributed by atoms with E-state index in [1.165, 1.54) is 5.56 Å². The lowest BCUT2D eigenvalue weighted by Gasteiger charge is -2.07. The molecule has 0 spiro atoms. The highest BCUT2D eigenvalue weighted by Crippen LogP contribution is 2.35. The van der Waals surface area contributed by atoms with Crippen LogP contribution < -0.4 is 0 Å². The Morgan fingerprint density at radius 2 is 2.18 bits per heavy atom. The Kier molecular flexibility index (Phi) is 3.65. The van der Waals surface area contributed by atoms with Gasteiger partial charge in [-0.15, -0.1) is 0 Å². The summed E-state index contributed by atoms with van der Waals surface area (Å²) in [7, 11) is 0. The second-order valence-corrected chi connectivity index (χ2v) is 5.08. The van der Waals surface area contributed by atoms with Gasteiger partial charge in [0.25, 0.3) is 0 Å². The summed E-state index contributed by atoms with van der Waals surface area (Å²) in [4.78, 5) is 0. The first-order chi connectivity index (χ1) is 8.17. The molecule has 0 unspecified atom stereocenters. The Labute approximate surface area is 116 Å². The van der Waals surface area contributed by atoms with Crippen molar-refractivity contribution in [2.75, 3.05) is 0 Å². The molecule has 1 aromatic heterocycles. The normalized spacial score (nSPS) is 10.2. The number of nitrogens with one attached hydrogen (secondary N) is 1. The molecule has 3 nitrogen and oxygen atoms in total. The van der Waals surface area contributed by atoms with Crippen LogP contribution in [0, 0.1) is 11.3 Å². The van der Waals surface area contributed by atoms with Crippen LogP contribution in [0.5, 0.6) is 0 Å². The van der Waals surface area contributed by atoms with Crippen molar-refractivity contribution in [3.05, 3.63) is 38.5 Å². The molecule has 0 fully saturated rings. The molecular weight excluding hydrogens is 346 g/mol. The van der Waals surface area contributed by atoms with Crippen molar-refractivity contribution in [2.45, 2.75) is 13.3 Å². The molecule has 0 saturated carbocycles. The largest absolute Gasteiger partial charge is 0.270 e. The standard InChI is InChI=1S/C12H9Br2N3/c1-2-8-4-3-7(6-15)5-9(8)10-11(13)16-17-12(10)14/h3-5H,2H2,1H3,(H,16,17). The highest BCUT2D eigenvalue weighted by molar-refractivity contribution is 9.11. The van der Waals surface area contributed by atoms with Crippen molar-refractivity contribution < 1.29 is 0 Å². The number of aromatic amines is 1. The molecule has 0 aliphatic heterocycles. The van der Waals surface area contributed by atoms with Gasteiger partial charge in [-0.05, 0) is 61.5 Å². The van der Waals surface area contributed by atoms with E-state index in [0.29, 0.717) is 5.56 Å². The highest BCUT2D eigenvalue weighted by Gasteiger charge is 2.15. The van der Waals surface area contributed by atoms with Gasteiger partial charge < -0.3 is 0 Å². The molecule has 0 radical (unpaired) electrons. The first kappa shape index (κ1) is 12.3. The fraction of sp³-hybridized carbons (Fsp3) is 0.167. The van der Waals surface area contributed by atoms with E-state index in [-0.39, 0.29) is 0 Å². The Balaban J connectivity index is 2.69. The summed E-state index contributed by atoms with van der Waals surface area (Å²) in [6.45, 7) is 2.09. The number of H-pyrrole nitrogens is 1. The first-order valence-corrected chi connectivity index (χ1v) is 6.68. The summed E-state index contributed by atoms with van der Waals surface area (Å²) in [6.07, 6.45) is 0.908. The van der Waals surface area contributed by atoms with E-state index in [1.54, 1.807) is 0 Å². The smallest absolute Gasteiger partial charge is 0.136 e. The zero-order valence-corrected chi connectivity index (χ0v) is 12.3. The van der Waals surface area contributed by atoms with Crippen LogP contribution in [0.3, 0.4) is 0 Å². The predicted molar refractivity (Wildman–Crippen MR) is 73.5 cm³/mol. The molecule has 5 heteroatoms.